The molecule has 0 unspecified atom stereocenters. The first-order valence-electron chi connectivity index (χ1n) is 9.62. The van der Waals surface area contributed by atoms with Crippen LogP contribution in [-0.4, -0.2) is 30.5 Å². The SMILES string of the molecule is NC(=O)c1nn(-c2c(Cl)cccc2Cl)cc1Nc1ccc(-c2nncn2C2CC2)cc1. The molecule has 8 nitrogen and oxygen atoms in total. The zero-order valence-corrected chi connectivity index (χ0v) is 17.7. The summed E-state index contributed by atoms with van der Waals surface area (Å²) in [6.07, 6.45) is 5.71. The Morgan fingerprint density at radius 3 is 2.45 bits per heavy atom. The Labute approximate surface area is 187 Å². The van der Waals surface area contributed by atoms with Crippen molar-refractivity contribution in [2.75, 3.05) is 5.32 Å². The van der Waals surface area contributed by atoms with Crippen LogP contribution in [0.1, 0.15) is 29.4 Å². The maximum absolute atomic E-state index is 12.0. The molecule has 0 atom stereocenters. The molecular formula is C21H17Cl2N7O. The second kappa shape index (κ2) is 7.72. The van der Waals surface area contributed by atoms with Crippen LogP contribution in [-0.2, 0) is 0 Å². The number of carbonyl (C=O) groups is 1. The molecule has 0 saturated heterocycles. The van der Waals surface area contributed by atoms with Gasteiger partial charge in [0.15, 0.2) is 11.5 Å². The van der Waals surface area contributed by atoms with Crippen molar-refractivity contribution in [2.24, 2.45) is 5.73 Å². The zero-order chi connectivity index (χ0) is 21.5. The maximum atomic E-state index is 12.0. The number of para-hydroxylation sites is 1. The number of nitrogens with two attached hydrogens (primary N) is 1. The molecule has 3 N–H and O–H groups in total. The first-order chi connectivity index (χ1) is 15.0. The lowest BCUT2D eigenvalue weighted by molar-refractivity contribution is 0.0996. The quantitative estimate of drug-likeness (QED) is 0.443. The summed E-state index contributed by atoms with van der Waals surface area (Å²) < 4.78 is 3.55. The van der Waals surface area contributed by atoms with Crippen LogP contribution in [0.4, 0.5) is 11.4 Å². The Kier molecular flexibility index (Phi) is 4.88. The smallest absolute Gasteiger partial charge is 0.271 e. The summed E-state index contributed by atoms with van der Waals surface area (Å²) in [7, 11) is 0. The van der Waals surface area contributed by atoms with Gasteiger partial charge in [0.05, 0.1) is 21.9 Å². The van der Waals surface area contributed by atoms with Crippen molar-refractivity contribution in [1.29, 1.82) is 0 Å². The summed E-state index contributed by atoms with van der Waals surface area (Å²) in [5.41, 5.74) is 8.24. The third kappa shape index (κ3) is 3.75. The van der Waals surface area contributed by atoms with Gasteiger partial charge in [0.25, 0.3) is 5.91 Å². The molecule has 0 aliphatic heterocycles. The van der Waals surface area contributed by atoms with Crippen molar-refractivity contribution in [3.05, 3.63) is 70.7 Å². The fourth-order valence-electron chi connectivity index (χ4n) is 3.40. The standard InChI is InChI=1S/C21H17Cl2N7O/c22-15-2-1-3-16(23)19(15)30-10-17(18(28-30)20(24)31)26-13-6-4-12(5-7-13)21-27-25-11-29(21)14-8-9-14/h1-7,10-11,14,26H,8-9H2,(H2,24,31). The highest BCUT2D eigenvalue weighted by atomic mass is 35.5. The first-order valence-corrected chi connectivity index (χ1v) is 10.4. The van der Waals surface area contributed by atoms with E-state index in [9.17, 15) is 4.79 Å². The van der Waals surface area contributed by atoms with Gasteiger partial charge in [-0.2, -0.15) is 5.10 Å². The van der Waals surface area contributed by atoms with Crippen LogP contribution in [0.3, 0.4) is 0 Å². The molecule has 2 aromatic heterocycles. The van der Waals surface area contributed by atoms with E-state index in [1.165, 1.54) is 4.68 Å². The van der Waals surface area contributed by atoms with E-state index in [-0.39, 0.29) is 5.69 Å². The van der Waals surface area contributed by atoms with Gasteiger partial charge < -0.3 is 15.6 Å². The highest BCUT2D eigenvalue weighted by molar-refractivity contribution is 6.37. The van der Waals surface area contributed by atoms with Gasteiger partial charge in [-0.05, 0) is 49.2 Å². The lowest BCUT2D eigenvalue weighted by atomic mass is 10.2. The van der Waals surface area contributed by atoms with Crippen molar-refractivity contribution in [2.45, 2.75) is 18.9 Å². The van der Waals surface area contributed by atoms with Crippen molar-refractivity contribution in [3.63, 3.8) is 0 Å². The molecular weight excluding hydrogens is 437 g/mol. The Morgan fingerprint density at radius 1 is 1.10 bits per heavy atom. The number of halogens is 2. The third-order valence-electron chi connectivity index (χ3n) is 5.05. The van der Waals surface area contributed by atoms with E-state index < -0.39 is 5.91 Å². The number of hydrogen-bond acceptors (Lipinski definition) is 5. The molecule has 2 aromatic carbocycles. The second-order valence-corrected chi connectivity index (χ2v) is 8.08. The van der Waals surface area contributed by atoms with E-state index >= 15 is 0 Å². The molecule has 0 spiro atoms. The number of aromatic nitrogens is 5. The van der Waals surface area contributed by atoms with E-state index in [1.807, 2.05) is 24.3 Å². The van der Waals surface area contributed by atoms with E-state index in [0.29, 0.717) is 27.5 Å². The molecule has 31 heavy (non-hydrogen) atoms. The normalized spacial score (nSPS) is 13.4. The average Bonchev–Trinajstić information content (AvgIpc) is 3.32. The van der Waals surface area contributed by atoms with Gasteiger partial charge in [-0.25, -0.2) is 4.68 Å². The van der Waals surface area contributed by atoms with Gasteiger partial charge in [0.2, 0.25) is 0 Å². The zero-order valence-electron chi connectivity index (χ0n) is 16.2. The number of amides is 1. The molecule has 1 fully saturated rings. The van der Waals surface area contributed by atoms with Crippen molar-refractivity contribution >= 4 is 40.5 Å². The highest BCUT2D eigenvalue weighted by Gasteiger charge is 2.26. The number of carbonyl (C=O) groups excluding carboxylic acids is 1. The Hall–Kier alpha value is -3.36. The molecule has 0 bridgehead atoms. The second-order valence-electron chi connectivity index (χ2n) is 7.27. The van der Waals surface area contributed by atoms with Crippen molar-refractivity contribution in [3.8, 4) is 17.1 Å². The third-order valence-corrected chi connectivity index (χ3v) is 5.66. The Bertz CT molecular complexity index is 1260. The number of nitrogens with zero attached hydrogens (tertiary/aromatic N) is 5. The largest absolute Gasteiger partial charge is 0.364 e. The number of nitrogens with one attached hydrogen (secondary N) is 1. The highest BCUT2D eigenvalue weighted by Crippen LogP contribution is 2.37. The van der Waals surface area contributed by atoms with Crippen LogP contribution in [0.2, 0.25) is 10.0 Å². The van der Waals surface area contributed by atoms with Gasteiger partial charge in [-0.15, -0.1) is 10.2 Å². The molecule has 5 rings (SSSR count). The molecule has 1 amide bonds. The van der Waals surface area contributed by atoms with Gasteiger partial charge in [0.1, 0.15) is 12.0 Å². The van der Waals surface area contributed by atoms with Crippen LogP contribution in [0.15, 0.2) is 55.0 Å². The fraction of sp³-hybridized carbons (Fsp3) is 0.143. The monoisotopic (exact) mass is 453 g/mol. The van der Waals surface area contributed by atoms with Crippen molar-refractivity contribution in [1.82, 2.24) is 24.5 Å². The summed E-state index contributed by atoms with van der Waals surface area (Å²) in [4.78, 5) is 12.0. The van der Waals surface area contributed by atoms with Crippen molar-refractivity contribution < 1.29 is 4.79 Å². The van der Waals surface area contributed by atoms with Gasteiger partial charge >= 0.3 is 0 Å². The molecule has 1 aliphatic rings. The number of benzene rings is 2. The Morgan fingerprint density at radius 2 is 1.81 bits per heavy atom. The molecule has 156 valence electrons. The summed E-state index contributed by atoms with van der Waals surface area (Å²) in [5.74, 6) is 0.173. The summed E-state index contributed by atoms with van der Waals surface area (Å²) in [6, 6.07) is 13.3. The predicted molar refractivity (Wildman–Crippen MR) is 119 cm³/mol. The molecule has 1 saturated carbocycles. The number of primary amides is 1. The number of anilines is 2. The van der Waals surface area contributed by atoms with Crippen LogP contribution < -0.4 is 11.1 Å². The van der Waals surface area contributed by atoms with E-state index in [2.05, 4.69) is 25.2 Å². The van der Waals surface area contributed by atoms with Crippen LogP contribution in [0.25, 0.3) is 17.1 Å². The predicted octanol–water partition coefficient (Wildman–Crippen LogP) is 4.62. The molecule has 0 radical (unpaired) electrons. The summed E-state index contributed by atoms with van der Waals surface area (Å²) >= 11 is 12.6. The topological polar surface area (TPSA) is 104 Å². The molecule has 10 heteroatoms. The van der Waals surface area contributed by atoms with E-state index in [0.717, 1.165) is 29.9 Å². The fourth-order valence-corrected chi connectivity index (χ4v) is 3.97. The number of hydrogen-bond donors (Lipinski definition) is 2. The van der Waals surface area contributed by atoms with E-state index in [4.69, 9.17) is 28.9 Å². The molecule has 1 aliphatic carbocycles. The van der Waals surface area contributed by atoms with Crippen LogP contribution >= 0.6 is 23.2 Å². The minimum Gasteiger partial charge on any atom is -0.364 e. The minimum absolute atomic E-state index is 0.0774. The van der Waals surface area contributed by atoms with Crippen LogP contribution in [0, 0.1) is 0 Å². The van der Waals surface area contributed by atoms with E-state index in [1.54, 1.807) is 30.7 Å². The summed E-state index contributed by atoms with van der Waals surface area (Å²) in [5, 5.41) is 16.6. The average molecular weight is 454 g/mol. The molecule has 2 heterocycles. The van der Waals surface area contributed by atoms with Crippen LogP contribution in [0.5, 0.6) is 0 Å². The first kappa shape index (κ1) is 19.6. The number of rotatable bonds is 6. The minimum atomic E-state index is -0.668. The lowest BCUT2D eigenvalue weighted by Gasteiger charge is -2.08. The van der Waals surface area contributed by atoms with Gasteiger partial charge in [0, 0.05) is 17.3 Å². The van der Waals surface area contributed by atoms with Gasteiger partial charge in [-0.1, -0.05) is 29.3 Å². The lowest BCUT2D eigenvalue weighted by Crippen LogP contribution is -2.14. The van der Waals surface area contributed by atoms with Gasteiger partial charge in [-0.3, -0.25) is 4.79 Å². The Balaban J connectivity index is 1.45. The maximum Gasteiger partial charge on any atom is 0.271 e. The summed E-state index contributed by atoms with van der Waals surface area (Å²) in [6.45, 7) is 0. The molecule has 4 aromatic rings.